The van der Waals surface area contributed by atoms with E-state index in [1.807, 2.05) is 0 Å². The summed E-state index contributed by atoms with van der Waals surface area (Å²) in [6, 6.07) is 20.0. The smallest absolute Gasteiger partial charge is 0.0366 e. The summed E-state index contributed by atoms with van der Waals surface area (Å²) in [4.78, 5) is 2.49. The van der Waals surface area contributed by atoms with Crippen LogP contribution in [0.15, 0.2) is 54.6 Å². The van der Waals surface area contributed by atoms with Crippen LogP contribution in [0.5, 0.6) is 0 Å². The normalized spacial score (nSPS) is 19.7. The predicted molar refractivity (Wildman–Crippen MR) is 89.8 cm³/mol. The second kappa shape index (κ2) is 6.31. The second-order valence-electron chi connectivity index (χ2n) is 6.19. The summed E-state index contributed by atoms with van der Waals surface area (Å²) in [5, 5.41) is 0. The number of benzene rings is 2. The summed E-state index contributed by atoms with van der Waals surface area (Å²) in [7, 11) is 0. The highest BCUT2D eigenvalue weighted by molar-refractivity contribution is 5.49. The minimum atomic E-state index is 0.227. The maximum absolute atomic E-state index is 5.86. The van der Waals surface area contributed by atoms with E-state index in [4.69, 9.17) is 5.73 Å². The van der Waals surface area contributed by atoms with Crippen LogP contribution in [0, 0.1) is 0 Å². The molecule has 1 aliphatic heterocycles. The fraction of sp³-hybridized carbons (Fsp3) is 0.368. The van der Waals surface area contributed by atoms with Gasteiger partial charge in [0.25, 0.3) is 0 Å². The molecule has 0 radical (unpaired) electrons. The first-order valence-corrected chi connectivity index (χ1v) is 7.87. The first-order valence-electron chi connectivity index (χ1n) is 7.87. The van der Waals surface area contributed by atoms with Gasteiger partial charge in [0.2, 0.25) is 0 Å². The van der Waals surface area contributed by atoms with Gasteiger partial charge in [-0.2, -0.15) is 0 Å². The number of anilines is 1. The van der Waals surface area contributed by atoms with Gasteiger partial charge >= 0.3 is 0 Å². The molecule has 3 rings (SSSR count). The molecule has 2 atom stereocenters. The molecule has 1 heterocycles. The van der Waals surface area contributed by atoms with Gasteiger partial charge in [0.05, 0.1) is 0 Å². The third-order valence-electron chi connectivity index (χ3n) is 4.32. The Kier molecular flexibility index (Phi) is 4.26. The van der Waals surface area contributed by atoms with Gasteiger partial charge in [0, 0.05) is 30.7 Å². The van der Waals surface area contributed by atoms with Gasteiger partial charge in [-0.1, -0.05) is 42.5 Å². The average molecular weight is 280 g/mol. The molecular formula is C19H24N2. The summed E-state index contributed by atoms with van der Waals surface area (Å²) < 4.78 is 0. The summed E-state index contributed by atoms with van der Waals surface area (Å²) >= 11 is 0. The number of nitrogens with two attached hydrogens (primary N) is 1. The SMILES string of the molecule is CC(N)Cc1ccc(N2CCC(c3ccccc3)C2)cc1. The van der Waals surface area contributed by atoms with E-state index in [1.54, 1.807) is 0 Å². The highest BCUT2D eigenvalue weighted by atomic mass is 15.1. The number of rotatable bonds is 4. The Hall–Kier alpha value is -1.80. The summed E-state index contributed by atoms with van der Waals surface area (Å²) in [5.41, 5.74) is 9.98. The van der Waals surface area contributed by atoms with Crippen LogP contribution in [0.4, 0.5) is 5.69 Å². The van der Waals surface area contributed by atoms with Gasteiger partial charge in [-0.3, -0.25) is 0 Å². The molecule has 0 bridgehead atoms. The van der Waals surface area contributed by atoms with E-state index in [-0.39, 0.29) is 6.04 Å². The molecule has 2 N–H and O–H groups in total. The Balaban J connectivity index is 1.66. The fourth-order valence-electron chi connectivity index (χ4n) is 3.21. The first-order chi connectivity index (χ1) is 10.2. The lowest BCUT2D eigenvalue weighted by Gasteiger charge is -2.19. The maximum atomic E-state index is 5.86. The van der Waals surface area contributed by atoms with Crippen molar-refractivity contribution in [2.75, 3.05) is 18.0 Å². The van der Waals surface area contributed by atoms with E-state index >= 15 is 0 Å². The lowest BCUT2D eigenvalue weighted by molar-refractivity contribution is 0.738. The Labute approximate surface area is 127 Å². The van der Waals surface area contributed by atoms with Crippen LogP contribution in [0.2, 0.25) is 0 Å². The molecule has 0 saturated carbocycles. The molecule has 2 aromatic carbocycles. The molecule has 0 aliphatic carbocycles. The summed E-state index contributed by atoms with van der Waals surface area (Å²) in [6.45, 7) is 4.32. The predicted octanol–water partition coefficient (Wildman–Crippen LogP) is 3.57. The highest BCUT2D eigenvalue weighted by Crippen LogP contribution is 2.30. The van der Waals surface area contributed by atoms with Crippen molar-refractivity contribution in [2.45, 2.75) is 31.7 Å². The number of nitrogens with zero attached hydrogens (tertiary/aromatic N) is 1. The molecule has 110 valence electrons. The average Bonchev–Trinajstić information content (AvgIpc) is 2.98. The van der Waals surface area contributed by atoms with Crippen molar-refractivity contribution in [1.82, 2.24) is 0 Å². The molecule has 2 aromatic rings. The Bertz CT molecular complexity index is 560. The van der Waals surface area contributed by atoms with Crippen LogP contribution in [0.25, 0.3) is 0 Å². The second-order valence-corrected chi connectivity index (χ2v) is 6.19. The summed E-state index contributed by atoms with van der Waals surface area (Å²) in [5.74, 6) is 0.662. The van der Waals surface area contributed by atoms with Crippen LogP contribution < -0.4 is 10.6 Å². The van der Waals surface area contributed by atoms with Gasteiger partial charge < -0.3 is 10.6 Å². The van der Waals surface area contributed by atoms with Crippen molar-refractivity contribution in [3.8, 4) is 0 Å². The number of hydrogen-bond acceptors (Lipinski definition) is 2. The van der Waals surface area contributed by atoms with Gasteiger partial charge in [-0.05, 0) is 43.0 Å². The van der Waals surface area contributed by atoms with E-state index in [0.29, 0.717) is 5.92 Å². The molecule has 1 fully saturated rings. The zero-order valence-electron chi connectivity index (χ0n) is 12.7. The topological polar surface area (TPSA) is 29.3 Å². The third kappa shape index (κ3) is 3.45. The molecule has 21 heavy (non-hydrogen) atoms. The minimum absolute atomic E-state index is 0.227. The quantitative estimate of drug-likeness (QED) is 0.927. The molecule has 0 amide bonds. The lowest BCUT2D eigenvalue weighted by Crippen LogP contribution is -2.20. The molecule has 0 spiro atoms. The highest BCUT2D eigenvalue weighted by Gasteiger charge is 2.23. The van der Waals surface area contributed by atoms with Crippen molar-refractivity contribution in [1.29, 1.82) is 0 Å². The van der Waals surface area contributed by atoms with E-state index in [0.717, 1.165) is 19.5 Å². The van der Waals surface area contributed by atoms with E-state index in [2.05, 4.69) is 66.4 Å². The molecule has 2 heteroatoms. The third-order valence-corrected chi connectivity index (χ3v) is 4.32. The maximum Gasteiger partial charge on any atom is 0.0366 e. The van der Waals surface area contributed by atoms with Crippen LogP contribution in [-0.4, -0.2) is 19.1 Å². The van der Waals surface area contributed by atoms with Gasteiger partial charge in [0.15, 0.2) is 0 Å². The van der Waals surface area contributed by atoms with Crippen molar-refractivity contribution in [3.05, 3.63) is 65.7 Å². The van der Waals surface area contributed by atoms with Crippen molar-refractivity contribution >= 4 is 5.69 Å². The molecule has 1 saturated heterocycles. The Morgan fingerprint density at radius 2 is 1.81 bits per heavy atom. The molecule has 1 aliphatic rings. The van der Waals surface area contributed by atoms with Crippen LogP contribution >= 0.6 is 0 Å². The van der Waals surface area contributed by atoms with Gasteiger partial charge in [-0.15, -0.1) is 0 Å². The van der Waals surface area contributed by atoms with E-state index in [9.17, 15) is 0 Å². The lowest BCUT2D eigenvalue weighted by atomic mass is 9.99. The summed E-state index contributed by atoms with van der Waals surface area (Å²) in [6.07, 6.45) is 2.19. The largest absolute Gasteiger partial charge is 0.371 e. The van der Waals surface area contributed by atoms with Crippen LogP contribution in [0.1, 0.15) is 30.4 Å². The standard InChI is InChI=1S/C19H24N2/c1-15(20)13-16-7-9-19(10-8-16)21-12-11-18(14-21)17-5-3-2-4-6-17/h2-10,15,18H,11-14,20H2,1H3. The van der Waals surface area contributed by atoms with Crippen molar-refractivity contribution in [2.24, 2.45) is 5.73 Å². The monoisotopic (exact) mass is 280 g/mol. The zero-order valence-corrected chi connectivity index (χ0v) is 12.7. The van der Waals surface area contributed by atoms with Gasteiger partial charge in [-0.25, -0.2) is 0 Å². The van der Waals surface area contributed by atoms with Gasteiger partial charge in [0.1, 0.15) is 0 Å². The minimum Gasteiger partial charge on any atom is -0.371 e. The Morgan fingerprint density at radius 3 is 2.48 bits per heavy atom. The van der Waals surface area contributed by atoms with E-state index in [1.165, 1.54) is 23.2 Å². The molecule has 2 unspecified atom stereocenters. The number of hydrogen-bond donors (Lipinski definition) is 1. The molecule has 2 nitrogen and oxygen atoms in total. The van der Waals surface area contributed by atoms with Crippen molar-refractivity contribution < 1.29 is 0 Å². The molecule has 0 aromatic heterocycles. The van der Waals surface area contributed by atoms with E-state index < -0.39 is 0 Å². The van der Waals surface area contributed by atoms with Crippen molar-refractivity contribution in [3.63, 3.8) is 0 Å². The van der Waals surface area contributed by atoms with Crippen LogP contribution in [0.3, 0.4) is 0 Å². The zero-order chi connectivity index (χ0) is 14.7. The fourth-order valence-corrected chi connectivity index (χ4v) is 3.21. The molecular weight excluding hydrogens is 256 g/mol. The first kappa shape index (κ1) is 14.2. The van der Waals surface area contributed by atoms with Crippen LogP contribution in [-0.2, 0) is 6.42 Å². The Morgan fingerprint density at radius 1 is 1.10 bits per heavy atom.